The van der Waals surface area contributed by atoms with Crippen molar-refractivity contribution in [2.75, 3.05) is 11.5 Å². The Labute approximate surface area is 135 Å². The van der Waals surface area contributed by atoms with E-state index >= 15 is 0 Å². The maximum atomic E-state index is 11.8. The average Bonchev–Trinajstić information content (AvgIpc) is 2.73. The van der Waals surface area contributed by atoms with E-state index in [2.05, 4.69) is 15.5 Å². The minimum absolute atomic E-state index is 0.362. The Morgan fingerprint density at radius 3 is 2.91 bits per heavy atom. The van der Waals surface area contributed by atoms with Crippen LogP contribution in [0.4, 0.5) is 4.79 Å². The van der Waals surface area contributed by atoms with Gasteiger partial charge >= 0.3 is 6.09 Å². The second kappa shape index (κ2) is 7.35. The van der Waals surface area contributed by atoms with Gasteiger partial charge in [0.25, 0.3) is 0 Å². The van der Waals surface area contributed by atoms with E-state index in [1.54, 1.807) is 0 Å². The van der Waals surface area contributed by atoms with E-state index in [9.17, 15) is 4.79 Å². The molecule has 2 rings (SSSR count). The molecule has 0 radical (unpaired) electrons. The van der Waals surface area contributed by atoms with Gasteiger partial charge in [0.2, 0.25) is 5.89 Å². The third-order valence-electron chi connectivity index (χ3n) is 3.38. The molecule has 1 saturated heterocycles. The Morgan fingerprint density at radius 1 is 1.41 bits per heavy atom. The zero-order valence-electron chi connectivity index (χ0n) is 13.7. The van der Waals surface area contributed by atoms with Gasteiger partial charge in [-0.3, -0.25) is 0 Å². The van der Waals surface area contributed by atoms with Crippen LogP contribution < -0.4 is 5.32 Å². The number of carbonyl (C=O) groups excluding carboxylic acids is 1. The Hall–Kier alpha value is -1.24. The molecule has 1 aromatic rings. The number of ether oxygens (including phenoxy) is 1. The lowest BCUT2D eigenvalue weighted by atomic mass is 10.0. The lowest BCUT2D eigenvalue weighted by Gasteiger charge is -2.20. The summed E-state index contributed by atoms with van der Waals surface area (Å²) in [5.41, 5.74) is -0.526. The fourth-order valence-corrected chi connectivity index (χ4v) is 3.32. The third kappa shape index (κ3) is 5.19. The van der Waals surface area contributed by atoms with Crippen LogP contribution in [0.1, 0.15) is 70.6 Å². The molecule has 1 aromatic heterocycles. The molecule has 2 heterocycles. The summed E-state index contributed by atoms with van der Waals surface area (Å²) in [5.74, 6) is 3.90. The first-order chi connectivity index (χ1) is 10.3. The van der Waals surface area contributed by atoms with Gasteiger partial charge in [-0.25, -0.2) is 4.79 Å². The smallest absolute Gasteiger partial charge is 0.408 e. The molecule has 124 valence electrons. The predicted octanol–water partition coefficient (Wildman–Crippen LogP) is 3.66. The predicted molar refractivity (Wildman–Crippen MR) is 86.0 cm³/mol. The van der Waals surface area contributed by atoms with Crippen LogP contribution >= 0.6 is 11.8 Å². The number of hydrogen-bond acceptors (Lipinski definition) is 6. The van der Waals surface area contributed by atoms with Gasteiger partial charge in [0, 0.05) is 5.92 Å². The molecule has 0 aromatic carbocycles. The molecule has 1 aliphatic heterocycles. The molecule has 1 N–H and O–H groups in total. The van der Waals surface area contributed by atoms with Gasteiger partial charge in [0.1, 0.15) is 11.6 Å². The third-order valence-corrected chi connectivity index (χ3v) is 4.48. The van der Waals surface area contributed by atoms with Crippen LogP contribution in [-0.2, 0) is 4.74 Å². The van der Waals surface area contributed by atoms with Crippen LogP contribution in [0.2, 0.25) is 0 Å². The molecule has 0 spiro atoms. The number of nitrogens with one attached hydrogen (secondary N) is 1. The van der Waals surface area contributed by atoms with Crippen LogP contribution in [0.25, 0.3) is 0 Å². The van der Waals surface area contributed by atoms with E-state index in [4.69, 9.17) is 9.26 Å². The molecule has 1 aliphatic rings. The van der Waals surface area contributed by atoms with Gasteiger partial charge in [0.15, 0.2) is 5.82 Å². The van der Waals surface area contributed by atoms with E-state index in [1.165, 1.54) is 12.2 Å². The molecule has 0 aliphatic carbocycles. The number of carbonyl (C=O) groups is 1. The minimum atomic E-state index is -0.526. The molecule has 1 fully saturated rings. The maximum absolute atomic E-state index is 11.8. The highest BCUT2D eigenvalue weighted by Crippen LogP contribution is 2.29. The SMILES string of the molecule is C[C@@H](NC(=O)OC(C)(C)C)c1nc([C@@H]2CCCSCC2)no1. The highest BCUT2D eigenvalue weighted by molar-refractivity contribution is 7.99. The summed E-state index contributed by atoms with van der Waals surface area (Å²) in [5, 5.41) is 6.82. The first kappa shape index (κ1) is 17.1. The monoisotopic (exact) mass is 327 g/mol. The van der Waals surface area contributed by atoms with Crippen molar-refractivity contribution in [2.24, 2.45) is 0 Å². The standard InChI is InChI=1S/C15H25N3O3S/c1-10(16-14(19)20-15(2,3)4)13-17-12(18-21-13)11-6-5-8-22-9-7-11/h10-11H,5-9H2,1-4H3,(H,16,19)/t10-,11-/m1/s1. The van der Waals surface area contributed by atoms with Crippen LogP contribution in [0, 0.1) is 0 Å². The molecule has 0 bridgehead atoms. The second-order valence-corrected chi connectivity index (χ2v) is 7.82. The summed E-state index contributed by atoms with van der Waals surface area (Å²) in [6.07, 6.45) is 2.88. The van der Waals surface area contributed by atoms with Gasteiger partial charge in [0.05, 0.1) is 0 Å². The summed E-state index contributed by atoms with van der Waals surface area (Å²) >= 11 is 1.98. The Bertz CT molecular complexity index is 490. The molecule has 0 saturated carbocycles. The van der Waals surface area contributed by atoms with Crippen LogP contribution in [-0.4, -0.2) is 33.3 Å². The number of nitrogens with zero attached hydrogens (tertiary/aromatic N) is 2. The van der Waals surface area contributed by atoms with Crippen LogP contribution in [0.5, 0.6) is 0 Å². The lowest BCUT2D eigenvalue weighted by Crippen LogP contribution is -2.34. The van der Waals surface area contributed by atoms with Gasteiger partial charge < -0.3 is 14.6 Å². The molecule has 1 amide bonds. The molecule has 0 unspecified atom stereocenters. The first-order valence-electron chi connectivity index (χ1n) is 7.76. The number of hydrogen-bond donors (Lipinski definition) is 1. The van der Waals surface area contributed by atoms with Crippen molar-refractivity contribution < 1.29 is 14.1 Å². The number of aromatic nitrogens is 2. The zero-order valence-corrected chi connectivity index (χ0v) is 14.5. The van der Waals surface area contributed by atoms with Gasteiger partial charge in [-0.05, 0) is 58.5 Å². The van der Waals surface area contributed by atoms with Crippen LogP contribution in [0.3, 0.4) is 0 Å². The van der Waals surface area contributed by atoms with E-state index in [1.807, 2.05) is 39.5 Å². The molecule has 7 heteroatoms. The highest BCUT2D eigenvalue weighted by atomic mass is 32.2. The normalized spacial score (nSPS) is 21.0. The fourth-order valence-electron chi connectivity index (χ4n) is 2.30. The van der Waals surface area contributed by atoms with E-state index in [-0.39, 0.29) is 6.04 Å². The number of rotatable bonds is 3. The lowest BCUT2D eigenvalue weighted by molar-refractivity contribution is 0.0499. The molecule has 2 atom stereocenters. The minimum Gasteiger partial charge on any atom is -0.444 e. The van der Waals surface area contributed by atoms with Crippen molar-refractivity contribution in [1.82, 2.24) is 15.5 Å². The number of thioether (sulfide) groups is 1. The molecular formula is C15H25N3O3S. The Balaban J connectivity index is 1.93. The van der Waals surface area contributed by atoms with E-state index < -0.39 is 11.7 Å². The topological polar surface area (TPSA) is 77.2 Å². The van der Waals surface area contributed by atoms with E-state index in [0.29, 0.717) is 11.8 Å². The quantitative estimate of drug-likeness (QED) is 0.913. The average molecular weight is 327 g/mol. The largest absolute Gasteiger partial charge is 0.444 e. The zero-order chi connectivity index (χ0) is 16.2. The number of amides is 1. The van der Waals surface area contributed by atoms with Crippen molar-refractivity contribution >= 4 is 17.9 Å². The summed E-state index contributed by atoms with van der Waals surface area (Å²) < 4.78 is 10.5. The first-order valence-corrected chi connectivity index (χ1v) is 8.91. The maximum Gasteiger partial charge on any atom is 0.408 e. The summed E-state index contributed by atoms with van der Waals surface area (Å²) in [4.78, 5) is 16.2. The van der Waals surface area contributed by atoms with Crippen molar-refractivity contribution in [3.8, 4) is 0 Å². The molecule has 6 nitrogen and oxygen atoms in total. The van der Waals surface area contributed by atoms with Gasteiger partial charge in [-0.2, -0.15) is 16.7 Å². The molecule has 22 heavy (non-hydrogen) atoms. The highest BCUT2D eigenvalue weighted by Gasteiger charge is 2.24. The summed E-state index contributed by atoms with van der Waals surface area (Å²) in [6.45, 7) is 7.29. The Morgan fingerprint density at radius 2 is 2.18 bits per heavy atom. The second-order valence-electron chi connectivity index (χ2n) is 6.60. The van der Waals surface area contributed by atoms with Gasteiger partial charge in [-0.15, -0.1) is 0 Å². The van der Waals surface area contributed by atoms with Crippen LogP contribution in [0.15, 0.2) is 4.52 Å². The summed E-state index contributed by atoms with van der Waals surface area (Å²) in [7, 11) is 0. The van der Waals surface area contributed by atoms with Crippen molar-refractivity contribution in [3.63, 3.8) is 0 Å². The van der Waals surface area contributed by atoms with Crippen molar-refractivity contribution in [2.45, 2.75) is 64.5 Å². The van der Waals surface area contributed by atoms with Crippen molar-refractivity contribution in [3.05, 3.63) is 11.7 Å². The van der Waals surface area contributed by atoms with Crippen molar-refractivity contribution in [1.29, 1.82) is 0 Å². The summed E-state index contributed by atoms with van der Waals surface area (Å²) in [6, 6.07) is -0.365. The van der Waals surface area contributed by atoms with Gasteiger partial charge in [-0.1, -0.05) is 5.16 Å². The number of alkyl carbamates (subject to hydrolysis) is 1. The fraction of sp³-hybridized carbons (Fsp3) is 0.800. The van der Waals surface area contributed by atoms with E-state index in [0.717, 1.165) is 24.4 Å². The molecular weight excluding hydrogens is 302 g/mol. The Kier molecular flexibility index (Phi) is 5.72.